The van der Waals surface area contributed by atoms with Crippen molar-refractivity contribution in [3.05, 3.63) is 0 Å². The highest BCUT2D eigenvalue weighted by atomic mass is 32.2. The molecule has 0 aromatic rings. The number of carbonyl (C=O) groups excluding carboxylic acids is 2. The number of carbonyl (C=O) groups is 2. The zero-order valence-electron chi connectivity index (χ0n) is 11.7. The Morgan fingerprint density at radius 1 is 1.26 bits per heavy atom. The van der Waals surface area contributed by atoms with Gasteiger partial charge in [-0.15, -0.1) is 11.8 Å². The van der Waals surface area contributed by atoms with Crippen LogP contribution in [0.25, 0.3) is 0 Å². The molecule has 0 unspecified atom stereocenters. The van der Waals surface area contributed by atoms with E-state index in [0.29, 0.717) is 32.1 Å². The number of hydroxylamine groups is 1. The van der Waals surface area contributed by atoms with Crippen molar-refractivity contribution in [1.29, 1.82) is 0 Å². The number of hydrogen-bond acceptors (Lipinski definition) is 5. The molecule has 19 heavy (non-hydrogen) atoms. The van der Waals surface area contributed by atoms with Gasteiger partial charge in [0.1, 0.15) is 0 Å². The molecule has 0 aromatic carbocycles. The average Bonchev–Trinajstić information content (AvgIpc) is 2.36. The van der Waals surface area contributed by atoms with E-state index in [2.05, 4.69) is 5.48 Å². The lowest BCUT2D eigenvalue weighted by atomic mass is 10.2. The Bertz CT molecular complexity index is 311. The fourth-order valence-electron chi connectivity index (χ4n) is 1.37. The van der Waals surface area contributed by atoms with E-state index < -0.39 is 5.60 Å². The Labute approximate surface area is 118 Å². The normalized spacial score (nSPS) is 16.3. The lowest BCUT2D eigenvalue weighted by Gasteiger charge is -2.26. The molecule has 1 aliphatic heterocycles. The summed E-state index contributed by atoms with van der Waals surface area (Å²) >= 11 is 1.29. The quantitative estimate of drug-likeness (QED) is 0.744. The van der Waals surface area contributed by atoms with Crippen LogP contribution in [0.15, 0.2) is 0 Å². The molecule has 0 aliphatic carbocycles. The third-order valence-electron chi connectivity index (χ3n) is 2.29. The predicted molar refractivity (Wildman–Crippen MR) is 73.7 cm³/mol. The second-order valence-corrected chi connectivity index (χ2v) is 6.21. The van der Waals surface area contributed by atoms with Gasteiger partial charge in [0.25, 0.3) is 5.91 Å². The summed E-state index contributed by atoms with van der Waals surface area (Å²) in [6.45, 7) is 8.01. The highest BCUT2D eigenvalue weighted by Crippen LogP contribution is 2.06. The third-order valence-corrected chi connectivity index (χ3v) is 3.21. The van der Waals surface area contributed by atoms with E-state index in [1.807, 2.05) is 20.8 Å². The Kier molecular flexibility index (Phi) is 6.60. The van der Waals surface area contributed by atoms with Gasteiger partial charge in [-0.3, -0.25) is 14.4 Å². The van der Waals surface area contributed by atoms with Gasteiger partial charge in [-0.1, -0.05) is 0 Å². The Morgan fingerprint density at radius 3 is 2.47 bits per heavy atom. The zero-order chi connectivity index (χ0) is 14.3. The molecule has 0 atom stereocenters. The van der Waals surface area contributed by atoms with E-state index in [9.17, 15) is 9.59 Å². The zero-order valence-corrected chi connectivity index (χ0v) is 12.5. The number of nitrogens with one attached hydrogen (secondary N) is 1. The van der Waals surface area contributed by atoms with Crippen LogP contribution in [0, 0.1) is 0 Å². The highest BCUT2D eigenvalue weighted by Gasteiger charge is 2.17. The number of nitrogens with zero attached hydrogens (tertiary/aromatic N) is 1. The van der Waals surface area contributed by atoms with Gasteiger partial charge in [0.2, 0.25) is 5.91 Å². The van der Waals surface area contributed by atoms with Crippen LogP contribution in [-0.2, 0) is 19.2 Å². The number of morpholine rings is 1. The molecule has 1 N–H and O–H groups in total. The smallest absolute Gasteiger partial charge is 0.253 e. The van der Waals surface area contributed by atoms with Crippen molar-refractivity contribution in [2.75, 3.05) is 37.8 Å². The summed E-state index contributed by atoms with van der Waals surface area (Å²) in [6, 6.07) is 0. The molecule has 2 amide bonds. The number of thioether (sulfide) groups is 1. The van der Waals surface area contributed by atoms with Gasteiger partial charge in [0, 0.05) is 13.1 Å². The van der Waals surface area contributed by atoms with E-state index in [4.69, 9.17) is 9.57 Å². The SMILES string of the molecule is CC(C)(C)ONC(=O)CSCC(=O)N1CCOCC1. The summed E-state index contributed by atoms with van der Waals surface area (Å²) in [5, 5.41) is 0. The Balaban J connectivity index is 2.12. The van der Waals surface area contributed by atoms with Gasteiger partial charge in [-0.25, -0.2) is 5.48 Å². The molecule has 0 saturated carbocycles. The first-order chi connectivity index (χ1) is 8.88. The van der Waals surface area contributed by atoms with E-state index >= 15 is 0 Å². The first kappa shape index (κ1) is 16.3. The molecule has 1 aliphatic rings. The third kappa shape index (κ3) is 7.39. The minimum absolute atomic E-state index is 0.0536. The lowest BCUT2D eigenvalue weighted by molar-refractivity contribution is -0.142. The van der Waals surface area contributed by atoms with Crippen LogP contribution in [0.2, 0.25) is 0 Å². The minimum Gasteiger partial charge on any atom is -0.378 e. The Hall–Kier alpha value is -0.790. The van der Waals surface area contributed by atoms with Crippen LogP contribution in [-0.4, -0.2) is 60.1 Å². The second-order valence-electron chi connectivity index (χ2n) is 5.23. The number of rotatable bonds is 5. The molecule has 1 saturated heterocycles. The van der Waals surface area contributed by atoms with Gasteiger partial charge in [-0.05, 0) is 20.8 Å². The summed E-state index contributed by atoms with van der Waals surface area (Å²) < 4.78 is 5.18. The average molecular weight is 290 g/mol. The van der Waals surface area contributed by atoms with Crippen molar-refractivity contribution in [3.8, 4) is 0 Å². The largest absolute Gasteiger partial charge is 0.378 e. The number of hydrogen-bond donors (Lipinski definition) is 1. The molecule has 0 bridgehead atoms. The summed E-state index contributed by atoms with van der Waals surface area (Å²) in [5.41, 5.74) is 1.96. The van der Waals surface area contributed by atoms with Crippen LogP contribution in [0.5, 0.6) is 0 Å². The molecule has 1 heterocycles. The van der Waals surface area contributed by atoms with Crippen LogP contribution < -0.4 is 5.48 Å². The molecule has 6 nitrogen and oxygen atoms in total. The fourth-order valence-corrected chi connectivity index (χ4v) is 2.08. The summed E-state index contributed by atoms with van der Waals surface area (Å²) in [5.74, 6) is 0.349. The van der Waals surface area contributed by atoms with E-state index in [0.717, 1.165) is 0 Å². The van der Waals surface area contributed by atoms with Gasteiger partial charge in [0.15, 0.2) is 0 Å². The van der Waals surface area contributed by atoms with Crippen molar-refractivity contribution in [3.63, 3.8) is 0 Å². The molecular formula is C12H22N2O4S. The first-order valence-corrected chi connectivity index (χ1v) is 7.44. The summed E-state index contributed by atoms with van der Waals surface area (Å²) in [4.78, 5) is 30.1. The summed E-state index contributed by atoms with van der Waals surface area (Å²) in [6.07, 6.45) is 0. The number of amides is 2. The molecule has 0 radical (unpaired) electrons. The Morgan fingerprint density at radius 2 is 1.89 bits per heavy atom. The first-order valence-electron chi connectivity index (χ1n) is 6.28. The topological polar surface area (TPSA) is 67.9 Å². The highest BCUT2D eigenvalue weighted by molar-refractivity contribution is 8.00. The van der Waals surface area contributed by atoms with Crippen LogP contribution >= 0.6 is 11.8 Å². The molecule has 7 heteroatoms. The van der Waals surface area contributed by atoms with Crippen molar-refractivity contribution in [2.45, 2.75) is 26.4 Å². The van der Waals surface area contributed by atoms with Gasteiger partial charge >= 0.3 is 0 Å². The molecule has 0 spiro atoms. The molecular weight excluding hydrogens is 268 g/mol. The van der Waals surface area contributed by atoms with Crippen molar-refractivity contribution in [1.82, 2.24) is 10.4 Å². The van der Waals surface area contributed by atoms with Crippen LogP contribution in [0.4, 0.5) is 0 Å². The van der Waals surface area contributed by atoms with E-state index in [1.165, 1.54) is 11.8 Å². The maximum Gasteiger partial charge on any atom is 0.253 e. The standard InChI is InChI=1S/C12H22N2O4S/c1-12(2,3)18-13-10(15)8-19-9-11(16)14-4-6-17-7-5-14/h4-9H2,1-3H3,(H,13,15). The molecule has 1 fully saturated rings. The van der Waals surface area contributed by atoms with Crippen molar-refractivity contribution in [2.24, 2.45) is 0 Å². The van der Waals surface area contributed by atoms with Gasteiger partial charge in [0.05, 0.1) is 30.3 Å². The van der Waals surface area contributed by atoms with Crippen LogP contribution in [0.3, 0.4) is 0 Å². The lowest BCUT2D eigenvalue weighted by Crippen LogP contribution is -2.41. The predicted octanol–water partition coefficient (Wildman–Crippen LogP) is 0.425. The molecule has 0 aromatic heterocycles. The van der Waals surface area contributed by atoms with Crippen molar-refractivity contribution >= 4 is 23.6 Å². The maximum absolute atomic E-state index is 11.8. The number of ether oxygens (including phenoxy) is 1. The van der Waals surface area contributed by atoms with Crippen molar-refractivity contribution < 1.29 is 19.2 Å². The van der Waals surface area contributed by atoms with Gasteiger partial charge in [-0.2, -0.15) is 0 Å². The second kappa shape index (κ2) is 7.72. The molecule has 1 rings (SSSR count). The fraction of sp³-hybridized carbons (Fsp3) is 0.833. The maximum atomic E-state index is 11.8. The van der Waals surface area contributed by atoms with E-state index in [1.54, 1.807) is 4.90 Å². The molecule has 110 valence electrons. The van der Waals surface area contributed by atoms with Gasteiger partial charge < -0.3 is 9.64 Å². The van der Waals surface area contributed by atoms with Crippen LogP contribution in [0.1, 0.15) is 20.8 Å². The monoisotopic (exact) mass is 290 g/mol. The minimum atomic E-state index is -0.413. The van der Waals surface area contributed by atoms with E-state index in [-0.39, 0.29) is 17.6 Å². The summed E-state index contributed by atoms with van der Waals surface area (Å²) in [7, 11) is 0.